The zero-order valence-electron chi connectivity index (χ0n) is 7.47. The maximum atomic E-state index is 8.44. The molecule has 0 spiro atoms. The molecule has 0 saturated carbocycles. The van der Waals surface area contributed by atoms with Crippen LogP contribution in [0.4, 0.5) is 0 Å². The van der Waals surface area contributed by atoms with Gasteiger partial charge in [-0.15, -0.1) is 11.8 Å². The molecular formula is C8H12N4S. The zero-order valence-corrected chi connectivity index (χ0v) is 8.29. The van der Waals surface area contributed by atoms with Crippen LogP contribution in [0.2, 0.25) is 0 Å². The van der Waals surface area contributed by atoms with Crippen molar-refractivity contribution in [3.63, 3.8) is 0 Å². The largest absolute Gasteiger partial charge is 0.316 e. The number of nitrogens with zero attached hydrogens (tertiary/aromatic N) is 3. The van der Waals surface area contributed by atoms with Crippen LogP contribution in [0, 0.1) is 11.3 Å². The molecular weight excluding hydrogens is 184 g/mol. The first-order valence-electron chi connectivity index (χ1n) is 3.99. The van der Waals surface area contributed by atoms with E-state index in [0.717, 1.165) is 17.1 Å². The Kier molecular flexibility index (Phi) is 3.80. The van der Waals surface area contributed by atoms with Crippen LogP contribution in [-0.2, 0) is 7.05 Å². The minimum Gasteiger partial charge on any atom is -0.316 e. The molecule has 13 heavy (non-hydrogen) atoms. The molecule has 70 valence electrons. The highest BCUT2D eigenvalue weighted by Gasteiger charge is 2.01. The number of aryl methyl sites for hydroxylation is 1. The Morgan fingerprint density at radius 3 is 3.15 bits per heavy atom. The van der Waals surface area contributed by atoms with Crippen LogP contribution in [0.3, 0.4) is 0 Å². The first-order chi connectivity index (χ1) is 6.22. The van der Waals surface area contributed by atoms with E-state index in [-0.39, 0.29) is 6.04 Å². The molecule has 0 radical (unpaired) electrons. The van der Waals surface area contributed by atoms with E-state index in [0.29, 0.717) is 0 Å². The third-order valence-corrected chi connectivity index (χ3v) is 2.53. The summed E-state index contributed by atoms with van der Waals surface area (Å²) in [5.41, 5.74) is 5.45. The molecule has 1 atom stereocenters. The van der Waals surface area contributed by atoms with Crippen molar-refractivity contribution in [2.75, 3.05) is 5.75 Å². The Hall–Kier alpha value is -0.990. The van der Waals surface area contributed by atoms with E-state index in [1.165, 1.54) is 0 Å². The molecule has 1 aromatic rings. The fourth-order valence-corrected chi connectivity index (χ4v) is 1.80. The molecule has 0 bridgehead atoms. The summed E-state index contributed by atoms with van der Waals surface area (Å²) in [6, 6.07) is 1.66. The number of rotatable bonds is 4. The van der Waals surface area contributed by atoms with Gasteiger partial charge in [0.05, 0.1) is 18.3 Å². The lowest BCUT2D eigenvalue weighted by Gasteiger charge is -1.99. The Labute approximate surface area is 81.7 Å². The molecule has 0 fully saturated rings. The minimum absolute atomic E-state index is 0.343. The van der Waals surface area contributed by atoms with E-state index in [1.807, 2.05) is 25.5 Å². The van der Waals surface area contributed by atoms with Gasteiger partial charge in [-0.1, -0.05) is 0 Å². The van der Waals surface area contributed by atoms with Crippen LogP contribution in [-0.4, -0.2) is 21.6 Å². The molecule has 5 heteroatoms. The second kappa shape index (κ2) is 4.90. The lowest BCUT2D eigenvalue weighted by atomic mass is 10.3. The van der Waals surface area contributed by atoms with E-state index in [2.05, 4.69) is 5.10 Å². The molecule has 0 aliphatic heterocycles. The SMILES string of the molecule is Cn1cc(SCCC(N)C#N)cn1. The monoisotopic (exact) mass is 196 g/mol. The minimum atomic E-state index is -0.343. The number of hydrogen-bond acceptors (Lipinski definition) is 4. The summed E-state index contributed by atoms with van der Waals surface area (Å²) < 4.78 is 1.76. The average Bonchev–Trinajstić information content (AvgIpc) is 2.51. The van der Waals surface area contributed by atoms with Gasteiger partial charge in [-0.3, -0.25) is 4.68 Å². The van der Waals surface area contributed by atoms with E-state index < -0.39 is 0 Å². The van der Waals surface area contributed by atoms with Crippen LogP contribution in [0.15, 0.2) is 17.3 Å². The van der Waals surface area contributed by atoms with Crippen LogP contribution in [0.1, 0.15) is 6.42 Å². The Morgan fingerprint density at radius 1 is 1.85 bits per heavy atom. The molecule has 0 amide bonds. The molecule has 1 rings (SSSR count). The van der Waals surface area contributed by atoms with Crippen LogP contribution >= 0.6 is 11.8 Å². The lowest BCUT2D eigenvalue weighted by molar-refractivity contribution is 0.766. The van der Waals surface area contributed by atoms with Crippen molar-refractivity contribution in [2.45, 2.75) is 17.4 Å². The van der Waals surface area contributed by atoms with E-state index in [4.69, 9.17) is 11.0 Å². The second-order valence-electron chi connectivity index (χ2n) is 2.72. The average molecular weight is 196 g/mol. The van der Waals surface area contributed by atoms with E-state index >= 15 is 0 Å². The third-order valence-electron chi connectivity index (χ3n) is 1.54. The third kappa shape index (κ3) is 3.49. The number of hydrogen-bond donors (Lipinski definition) is 1. The maximum Gasteiger partial charge on any atom is 0.0936 e. The molecule has 0 aliphatic carbocycles. The smallest absolute Gasteiger partial charge is 0.0936 e. The fourth-order valence-electron chi connectivity index (χ4n) is 0.842. The summed E-state index contributed by atoms with van der Waals surface area (Å²) in [4.78, 5) is 1.12. The maximum absolute atomic E-state index is 8.44. The molecule has 1 heterocycles. The van der Waals surface area contributed by atoms with Gasteiger partial charge in [-0.05, 0) is 6.42 Å². The normalized spacial score (nSPS) is 12.4. The number of aromatic nitrogens is 2. The van der Waals surface area contributed by atoms with Gasteiger partial charge >= 0.3 is 0 Å². The van der Waals surface area contributed by atoms with Crippen molar-refractivity contribution in [2.24, 2.45) is 12.8 Å². The predicted octanol–water partition coefficient (Wildman–Crippen LogP) is 0.753. The number of nitriles is 1. The number of nitrogens with two attached hydrogens (primary N) is 1. The van der Waals surface area contributed by atoms with Crippen LogP contribution < -0.4 is 5.73 Å². The molecule has 1 unspecified atom stereocenters. The molecule has 0 aliphatic rings. The van der Waals surface area contributed by atoms with Gasteiger partial charge < -0.3 is 5.73 Å². The Balaban J connectivity index is 2.25. The molecule has 4 nitrogen and oxygen atoms in total. The topological polar surface area (TPSA) is 67.6 Å². The van der Waals surface area contributed by atoms with Crippen molar-refractivity contribution in [1.82, 2.24) is 9.78 Å². The first kappa shape index (κ1) is 10.1. The van der Waals surface area contributed by atoms with Crippen molar-refractivity contribution < 1.29 is 0 Å². The van der Waals surface area contributed by atoms with Gasteiger partial charge in [0.15, 0.2) is 0 Å². The summed E-state index contributed by atoms with van der Waals surface area (Å²) in [6.45, 7) is 0. The summed E-state index contributed by atoms with van der Waals surface area (Å²) in [7, 11) is 1.88. The Morgan fingerprint density at radius 2 is 2.62 bits per heavy atom. The highest BCUT2D eigenvalue weighted by Crippen LogP contribution is 2.17. The lowest BCUT2D eigenvalue weighted by Crippen LogP contribution is -2.17. The summed E-state index contributed by atoms with van der Waals surface area (Å²) in [6.07, 6.45) is 4.47. The standard InChI is InChI=1S/C8H12N4S/c1-12-6-8(5-11-12)13-3-2-7(10)4-9/h5-7H,2-3,10H2,1H3. The van der Waals surface area contributed by atoms with Crippen LogP contribution in [0.25, 0.3) is 0 Å². The highest BCUT2D eigenvalue weighted by atomic mass is 32.2. The van der Waals surface area contributed by atoms with Crippen molar-refractivity contribution in [3.05, 3.63) is 12.4 Å². The first-order valence-corrected chi connectivity index (χ1v) is 4.97. The zero-order chi connectivity index (χ0) is 9.68. The quantitative estimate of drug-likeness (QED) is 0.722. The molecule has 0 saturated heterocycles. The van der Waals surface area contributed by atoms with E-state index in [1.54, 1.807) is 16.4 Å². The summed E-state index contributed by atoms with van der Waals surface area (Å²) in [5.74, 6) is 0.862. The Bertz CT molecular complexity index is 301. The summed E-state index contributed by atoms with van der Waals surface area (Å²) >= 11 is 1.67. The van der Waals surface area contributed by atoms with Gasteiger partial charge in [0.1, 0.15) is 0 Å². The predicted molar refractivity (Wildman–Crippen MR) is 52.1 cm³/mol. The molecule has 1 aromatic heterocycles. The van der Waals surface area contributed by atoms with Crippen molar-refractivity contribution >= 4 is 11.8 Å². The fraction of sp³-hybridized carbons (Fsp3) is 0.500. The van der Waals surface area contributed by atoms with Gasteiger partial charge in [0.2, 0.25) is 0 Å². The van der Waals surface area contributed by atoms with Gasteiger partial charge in [-0.2, -0.15) is 10.4 Å². The van der Waals surface area contributed by atoms with Gasteiger partial charge in [0.25, 0.3) is 0 Å². The van der Waals surface area contributed by atoms with Crippen molar-refractivity contribution in [1.29, 1.82) is 5.26 Å². The summed E-state index contributed by atoms with van der Waals surface area (Å²) in [5, 5.41) is 12.5. The highest BCUT2D eigenvalue weighted by molar-refractivity contribution is 7.99. The van der Waals surface area contributed by atoms with Crippen molar-refractivity contribution in [3.8, 4) is 6.07 Å². The van der Waals surface area contributed by atoms with Gasteiger partial charge in [-0.25, -0.2) is 0 Å². The van der Waals surface area contributed by atoms with Crippen LogP contribution in [0.5, 0.6) is 0 Å². The van der Waals surface area contributed by atoms with E-state index in [9.17, 15) is 0 Å². The number of thioether (sulfide) groups is 1. The molecule has 0 aromatic carbocycles. The molecule has 2 N–H and O–H groups in total. The van der Waals surface area contributed by atoms with Gasteiger partial charge in [0, 0.05) is 23.9 Å². The second-order valence-corrected chi connectivity index (χ2v) is 3.89.